The molecule has 6 heteroatoms. The van der Waals surface area contributed by atoms with Crippen LogP contribution in [0.5, 0.6) is 0 Å². The van der Waals surface area contributed by atoms with E-state index in [2.05, 4.69) is 0 Å². The second-order valence-corrected chi connectivity index (χ2v) is 8.51. The van der Waals surface area contributed by atoms with Crippen LogP contribution in [0.2, 0.25) is 0 Å². The van der Waals surface area contributed by atoms with Gasteiger partial charge in [-0.2, -0.15) is 0 Å². The van der Waals surface area contributed by atoms with Gasteiger partial charge in [0, 0.05) is 19.8 Å². The van der Waals surface area contributed by atoms with Gasteiger partial charge in [0.25, 0.3) is 0 Å². The molecule has 0 aliphatic carbocycles. The third kappa shape index (κ3) is 8.14. The molecule has 0 atom stereocenters. The maximum absolute atomic E-state index is 12.3. The summed E-state index contributed by atoms with van der Waals surface area (Å²) in [6.45, 7) is 9.69. The summed E-state index contributed by atoms with van der Waals surface area (Å²) in [4.78, 5) is 12.3. The van der Waals surface area contributed by atoms with E-state index in [0.29, 0.717) is 19.8 Å². The second kappa shape index (κ2) is 12.2. The molecule has 1 aromatic rings. The van der Waals surface area contributed by atoms with E-state index < -0.39 is 8.80 Å². The average Bonchev–Trinajstić information content (AvgIpc) is 2.62. The molecule has 0 fully saturated rings. The van der Waals surface area contributed by atoms with Crippen LogP contribution in [0.1, 0.15) is 51.2 Å². The Hall–Kier alpha value is -1.21. The van der Waals surface area contributed by atoms with Crippen molar-refractivity contribution in [2.24, 2.45) is 0 Å². The summed E-state index contributed by atoms with van der Waals surface area (Å²) < 4.78 is 23.3. The topological polar surface area (TPSA) is 54.0 Å². The van der Waals surface area contributed by atoms with Crippen LogP contribution in [-0.4, -0.2) is 40.8 Å². The van der Waals surface area contributed by atoms with Gasteiger partial charge in [-0.1, -0.05) is 45.0 Å². The van der Waals surface area contributed by atoms with Gasteiger partial charge in [-0.15, -0.1) is 0 Å². The molecule has 0 aromatic heterocycles. The molecule has 0 spiro atoms. The third-order valence-corrected chi connectivity index (χ3v) is 6.01. The average molecular weight is 369 g/mol. The van der Waals surface area contributed by atoms with E-state index >= 15 is 0 Å². The highest BCUT2D eigenvalue weighted by molar-refractivity contribution is 6.60. The molecule has 0 bridgehead atoms. The monoisotopic (exact) mass is 368 g/mol. The maximum Gasteiger partial charge on any atom is 0.540 e. The standard InChI is InChI=1S/C19H32O5Si/c1-5-12-22-25(23-13-6-2,24-14-7-3)16-21-19(20)15-18-11-9-8-10-17(18)4/h8-11H,5-7,12-16H2,1-4H3. The molecule has 25 heavy (non-hydrogen) atoms. The van der Waals surface area contributed by atoms with Crippen molar-refractivity contribution in [2.45, 2.75) is 53.4 Å². The van der Waals surface area contributed by atoms with Gasteiger partial charge in [0.2, 0.25) is 0 Å². The summed E-state index contributed by atoms with van der Waals surface area (Å²) in [7, 11) is -3.00. The lowest BCUT2D eigenvalue weighted by molar-refractivity contribution is -0.143. The van der Waals surface area contributed by atoms with E-state index in [9.17, 15) is 4.79 Å². The quantitative estimate of drug-likeness (QED) is 0.391. The molecule has 0 aliphatic rings. The Balaban J connectivity index is 2.70. The van der Waals surface area contributed by atoms with Crippen LogP contribution < -0.4 is 0 Å². The minimum Gasteiger partial charge on any atom is -0.461 e. The van der Waals surface area contributed by atoms with E-state index in [-0.39, 0.29) is 18.6 Å². The molecule has 5 nitrogen and oxygen atoms in total. The van der Waals surface area contributed by atoms with E-state index in [1.165, 1.54) is 0 Å². The predicted molar refractivity (Wildman–Crippen MR) is 100 cm³/mol. The summed E-state index contributed by atoms with van der Waals surface area (Å²) in [5.74, 6) is -0.286. The third-order valence-electron chi connectivity index (χ3n) is 3.58. The Bertz CT molecular complexity index is 485. The Labute approximate surface area is 153 Å². The Kier molecular flexibility index (Phi) is 10.6. The number of hydrogen-bond donors (Lipinski definition) is 0. The van der Waals surface area contributed by atoms with Crippen molar-refractivity contribution < 1.29 is 22.8 Å². The molecular formula is C19H32O5Si. The Morgan fingerprint density at radius 3 is 1.92 bits per heavy atom. The number of esters is 1. The first-order valence-electron chi connectivity index (χ1n) is 9.18. The van der Waals surface area contributed by atoms with E-state index in [1.54, 1.807) is 0 Å². The van der Waals surface area contributed by atoms with E-state index in [4.69, 9.17) is 18.0 Å². The molecule has 1 rings (SSSR count). The molecule has 0 heterocycles. The van der Waals surface area contributed by atoms with Crippen LogP contribution in [0.15, 0.2) is 24.3 Å². The van der Waals surface area contributed by atoms with Gasteiger partial charge in [0.1, 0.15) is 0 Å². The highest BCUT2D eigenvalue weighted by atomic mass is 28.4. The Morgan fingerprint density at radius 1 is 0.920 bits per heavy atom. The minimum absolute atomic E-state index is 0.0672. The van der Waals surface area contributed by atoms with Crippen LogP contribution >= 0.6 is 0 Å². The van der Waals surface area contributed by atoms with Gasteiger partial charge >= 0.3 is 14.8 Å². The van der Waals surface area contributed by atoms with Crippen molar-refractivity contribution >= 4 is 14.8 Å². The van der Waals surface area contributed by atoms with Crippen molar-refractivity contribution in [2.75, 3.05) is 26.1 Å². The first-order valence-corrected chi connectivity index (χ1v) is 11.1. The summed E-state index contributed by atoms with van der Waals surface area (Å²) >= 11 is 0. The van der Waals surface area contributed by atoms with Crippen LogP contribution in [0.25, 0.3) is 0 Å². The molecular weight excluding hydrogens is 336 g/mol. The number of hydrogen-bond acceptors (Lipinski definition) is 5. The van der Waals surface area contributed by atoms with Gasteiger partial charge in [0.15, 0.2) is 6.23 Å². The second-order valence-electron chi connectivity index (χ2n) is 5.99. The normalized spacial score (nSPS) is 11.5. The maximum atomic E-state index is 12.3. The largest absolute Gasteiger partial charge is 0.540 e. The molecule has 1 aromatic carbocycles. The molecule has 0 aliphatic heterocycles. The van der Waals surface area contributed by atoms with E-state index in [1.807, 2.05) is 52.0 Å². The van der Waals surface area contributed by atoms with Crippen LogP contribution in [0.3, 0.4) is 0 Å². The smallest absolute Gasteiger partial charge is 0.461 e. The van der Waals surface area contributed by atoms with Crippen LogP contribution in [0, 0.1) is 6.92 Å². The summed E-state index contributed by atoms with van der Waals surface area (Å²) in [6.07, 6.45) is 2.88. The lowest BCUT2D eigenvalue weighted by Gasteiger charge is -2.29. The highest BCUT2D eigenvalue weighted by Gasteiger charge is 2.43. The zero-order chi connectivity index (χ0) is 18.5. The Morgan fingerprint density at radius 2 is 1.44 bits per heavy atom. The van der Waals surface area contributed by atoms with Crippen molar-refractivity contribution in [1.29, 1.82) is 0 Å². The number of aryl methyl sites for hydroxylation is 1. The van der Waals surface area contributed by atoms with Crippen molar-refractivity contribution in [3.63, 3.8) is 0 Å². The fraction of sp³-hybridized carbons (Fsp3) is 0.632. The lowest BCUT2D eigenvalue weighted by Crippen LogP contribution is -2.52. The number of rotatable bonds is 13. The number of benzene rings is 1. The van der Waals surface area contributed by atoms with Crippen LogP contribution in [0.4, 0.5) is 0 Å². The van der Waals surface area contributed by atoms with Crippen molar-refractivity contribution in [1.82, 2.24) is 0 Å². The molecule has 0 unspecified atom stereocenters. The van der Waals surface area contributed by atoms with Gasteiger partial charge in [-0.25, -0.2) is 0 Å². The van der Waals surface area contributed by atoms with Gasteiger partial charge in [0.05, 0.1) is 6.42 Å². The van der Waals surface area contributed by atoms with E-state index in [0.717, 1.165) is 30.4 Å². The zero-order valence-electron chi connectivity index (χ0n) is 16.0. The lowest BCUT2D eigenvalue weighted by atomic mass is 10.1. The molecule has 142 valence electrons. The van der Waals surface area contributed by atoms with Gasteiger partial charge in [-0.05, 0) is 37.3 Å². The molecule has 0 saturated carbocycles. The fourth-order valence-corrected chi connectivity index (χ4v) is 4.59. The number of carbonyl (C=O) groups is 1. The first-order chi connectivity index (χ1) is 12.1. The molecule has 0 radical (unpaired) electrons. The molecule has 0 N–H and O–H groups in total. The first kappa shape index (κ1) is 21.8. The zero-order valence-corrected chi connectivity index (χ0v) is 17.0. The number of ether oxygens (including phenoxy) is 1. The summed E-state index contributed by atoms with van der Waals surface area (Å²) in [5, 5.41) is 0. The summed E-state index contributed by atoms with van der Waals surface area (Å²) in [5.41, 5.74) is 2.05. The van der Waals surface area contributed by atoms with Crippen molar-refractivity contribution in [3.05, 3.63) is 35.4 Å². The summed E-state index contributed by atoms with van der Waals surface area (Å²) in [6, 6.07) is 7.81. The van der Waals surface area contributed by atoms with Gasteiger partial charge < -0.3 is 18.0 Å². The van der Waals surface area contributed by atoms with Gasteiger partial charge in [-0.3, -0.25) is 4.79 Å². The highest BCUT2D eigenvalue weighted by Crippen LogP contribution is 2.14. The molecule has 0 saturated heterocycles. The fourth-order valence-electron chi connectivity index (χ4n) is 2.21. The predicted octanol–water partition coefficient (Wildman–Crippen LogP) is 3.84. The SMILES string of the molecule is CCCO[Si](COC(=O)Cc1ccccc1C)(OCCC)OCCC. The molecule has 0 amide bonds. The number of carbonyl (C=O) groups excluding carboxylic acids is 1. The van der Waals surface area contributed by atoms with Crippen LogP contribution in [-0.2, 0) is 29.2 Å². The van der Waals surface area contributed by atoms with Crippen molar-refractivity contribution in [3.8, 4) is 0 Å². The minimum atomic E-state index is -3.00.